The monoisotopic (exact) mass is 301 g/mol. The number of hydrogen-bond donors (Lipinski definition) is 3. The molecule has 2 aromatic rings. The molecule has 10 heteroatoms. The minimum Gasteiger partial charge on any atom is -0.276 e. The van der Waals surface area contributed by atoms with E-state index in [2.05, 4.69) is 20.5 Å². The lowest BCUT2D eigenvalue weighted by Gasteiger charge is -2.07. The molecule has 0 spiro atoms. The van der Waals surface area contributed by atoms with Gasteiger partial charge in [-0.15, -0.1) is 0 Å². The van der Waals surface area contributed by atoms with Gasteiger partial charge in [-0.05, 0) is 12.1 Å². The Bertz CT molecular complexity index is 686. The van der Waals surface area contributed by atoms with Crippen molar-refractivity contribution in [2.75, 3.05) is 5.32 Å². The molecular formula is C9H8ClN5O3S. The molecule has 1 heterocycles. The number of aromatic nitrogens is 3. The summed E-state index contributed by atoms with van der Waals surface area (Å²) in [4.78, 5) is 14.9. The zero-order valence-corrected chi connectivity index (χ0v) is 10.9. The molecule has 2 amide bonds. The quantitative estimate of drug-likeness (QED) is 0.781. The van der Waals surface area contributed by atoms with E-state index < -0.39 is 16.1 Å². The van der Waals surface area contributed by atoms with Gasteiger partial charge in [0, 0.05) is 0 Å². The Morgan fingerprint density at radius 3 is 2.68 bits per heavy atom. The van der Waals surface area contributed by atoms with Crippen LogP contribution in [-0.2, 0) is 10.0 Å². The number of aromatic amines is 1. The van der Waals surface area contributed by atoms with Crippen molar-refractivity contribution in [2.45, 2.75) is 4.90 Å². The molecule has 0 aliphatic heterocycles. The molecule has 0 radical (unpaired) electrons. The molecule has 0 aliphatic carbocycles. The summed E-state index contributed by atoms with van der Waals surface area (Å²) in [5.41, 5.74) is 0. The maximum absolute atomic E-state index is 11.9. The number of hydrogen-bond acceptors (Lipinski definition) is 5. The summed E-state index contributed by atoms with van der Waals surface area (Å²) in [7, 11) is -4.05. The average Bonchev–Trinajstić information content (AvgIpc) is 2.81. The van der Waals surface area contributed by atoms with Crippen LogP contribution in [0.1, 0.15) is 0 Å². The van der Waals surface area contributed by atoms with Crippen LogP contribution in [0.4, 0.5) is 10.7 Å². The minimum absolute atomic E-state index is 0.0162. The van der Waals surface area contributed by atoms with E-state index in [0.717, 1.165) is 6.33 Å². The fourth-order valence-corrected chi connectivity index (χ4v) is 2.67. The van der Waals surface area contributed by atoms with Gasteiger partial charge < -0.3 is 0 Å². The van der Waals surface area contributed by atoms with Crippen LogP contribution in [0.25, 0.3) is 0 Å². The normalized spacial score (nSPS) is 11.0. The van der Waals surface area contributed by atoms with Crippen LogP contribution in [0.5, 0.6) is 0 Å². The number of urea groups is 1. The van der Waals surface area contributed by atoms with Gasteiger partial charge in [0.05, 0.1) is 5.02 Å². The molecule has 0 saturated heterocycles. The number of carbonyl (C=O) groups excluding carboxylic acids is 1. The first kappa shape index (κ1) is 13.3. The lowest BCUT2D eigenvalue weighted by atomic mass is 10.4. The lowest BCUT2D eigenvalue weighted by molar-refractivity contribution is 0.256. The number of sulfonamides is 1. The van der Waals surface area contributed by atoms with Crippen molar-refractivity contribution in [3.05, 3.63) is 35.6 Å². The van der Waals surface area contributed by atoms with Crippen molar-refractivity contribution in [3.8, 4) is 0 Å². The van der Waals surface area contributed by atoms with Gasteiger partial charge in [-0.1, -0.05) is 23.7 Å². The Morgan fingerprint density at radius 2 is 2.05 bits per heavy atom. The van der Waals surface area contributed by atoms with Crippen LogP contribution < -0.4 is 10.0 Å². The second-order valence-electron chi connectivity index (χ2n) is 3.32. The number of anilines is 1. The van der Waals surface area contributed by atoms with Crippen LogP contribution >= 0.6 is 11.6 Å². The van der Waals surface area contributed by atoms with Gasteiger partial charge in [0.1, 0.15) is 11.2 Å². The van der Waals surface area contributed by atoms with E-state index >= 15 is 0 Å². The van der Waals surface area contributed by atoms with Crippen molar-refractivity contribution in [1.82, 2.24) is 19.9 Å². The number of rotatable bonds is 3. The van der Waals surface area contributed by atoms with Gasteiger partial charge in [-0.2, -0.15) is 10.1 Å². The molecule has 0 aliphatic rings. The second-order valence-corrected chi connectivity index (χ2v) is 5.38. The Balaban J connectivity index is 2.14. The van der Waals surface area contributed by atoms with Crippen molar-refractivity contribution < 1.29 is 13.2 Å². The average molecular weight is 302 g/mol. The van der Waals surface area contributed by atoms with Crippen LogP contribution in [0.3, 0.4) is 0 Å². The predicted molar refractivity (Wildman–Crippen MR) is 67.2 cm³/mol. The third-order valence-electron chi connectivity index (χ3n) is 2.00. The van der Waals surface area contributed by atoms with E-state index in [1.807, 2.05) is 0 Å². The van der Waals surface area contributed by atoms with E-state index in [-0.39, 0.29) is 15.9 Å². The molecule has 2 rings (SSSR count). The molecule has 0 atom stereocenters. The van der Waals surface area contributed by atoms with E-state index in [9.17, 15) is 13.2 Å². The molecule has 19 heavy (non-hydrogen) atoms. The van der Waals surface area contributed by atoms with Crippen LogP contribution in [-0.4, -0.2) is 29.6 Å². The largest absolute Gasteiger partial charge is 0.335 e. The number of benzene rings is 1. The SMILES string of the molecule is O=C(Nc1ncn[nH]1)NS(=O)(=O)c1ccccc1Cl. The Morgan fingerprint density at radius 1 is 1.32 bits per heavy atom. The highest BCUT2D eigenvalue weighted by Gasteiger charge is 2.20. The molecular weight excluding hydrogens is 294 g/mol. The van der Waals surface area contributed by atoms with Gasteiger partial charge in [-0.25, -0.2) is 23.0 Å². The summed E-state index contributed by atoms with van der Waals surface area (Å²) < 4.78 is 25.6. The van der Waals surface area contributed by atoms with Gasteiger partial charge in [-0.3, -0.25) is 5.32 Å². The van der Waals surface area contributed by atoms with Crippen molar-refractivity contribution in [2.24, 2.45) is 0 Å². The smallest absolute Gasteiger partial charge is 0.276 e. The second kappa shape index (κ2) is 5.24. The number of amides is 2. The molecule has 100 valence electrons. The van der Waals surface area contributed by atoms with Gasteiger partial charge in [0.15, 0.2) is 0 Å². The summed E-state index contributed by atoms with van der Waals surface area (Å²) in [5.74, 6) is 0.0202. The molecule has 1 aromatic carbocycles. The van der Waals surface area contributed by atoms with Crippen molar-refractivity contribution >= 4 is 33.6 Å². The Labute approximate surface area is 113 Å². The van der Waals surface area contributed by atoms with Crippen molar-refractivity contribution in [3.63, 3.8) is 0 Å². The molecule has 0 bridgehead atoms. The summed E-state index contributed by atoms with van der Waals surface area (Å²) in [5, 5.41) is 8.03. The summed E-state index contributed by atoms with van der Waals surface area (Å²) in [6, 6.07) is 4.79. The molecule has 0 fully saturated rings. The maximum atomic E-state index is 11.9. The third kappa shape index (κ3) is 3.20. The first-order valence-electron chi connectivity index (χ1n) is 4.93. The van der Waals surface area contributed by atoms with E-state index in [0.29, 0.717) is 0 Å². The van der Waals surface area contributed by atoms with Crippen molar-refractivity contribution in [1.29, 1.82) is 0 Å². The maximum Gasteiger partial charge on any atom is 0.335 e. The van der Waals surface area contributed by atoms with Crippen LogP contribution in [0.2, 0.25) is 5.02 Å². The number of carbonyl (C=O) groups is 1. The summed E-state index contributed by atoms with van der Waals surface area (Å²) in [6.45, 7) is 0. The van der Waals surface area contributed by atoms with E-state index in [1.54, 1.807) is 10.8 Å². The Hall–Kier alpha value is -2.13. The van der Waals surface area contributed by atoms with Crippen LogP contribution in [0.15, 0.2) is 35.5 Å². The molecule has 0 unspecified atom stereocenters. The fourth-order valence-electron chi connectivity index (χ4n) is 1.24. The minimum atomic E-state index is -4.05. The van der Waals surface area contributed by atoms with E-state index in [1.165, 1.54) is 18.2 Å². The molecule has 0 saturated carbocycles. The van der Waals surface area contributed by atoms with Gasteiger partial charge in [0.25, 0.3) is 10.0 Å². The molecule has 8 nitrogen and oxygen atoms in total. The topological polar surface area (TPSA) is 117 Å². The first-order chi connectivity index (χ1) is 8.99. The first-order valence-corrected chi connectivity index (χ1v) is 6.79. The molecule has 3 N–H and O–H groups in total. The van der Waals surface area contributed by atoms with E-state index in [4.69, 9.17) is 11.6 Å². The Kier molecular flexibility index (Phi) is 3.67. The predicted octanol–water partition coefficient (Wildman–Crippen LogP) is 0.968. The standard InChI is InChI=1S/C9H8ClN5O3S/c10-6-3-1-2-4-7(6)19(17,18)15-9(16)13-8-11-5-12-14-8/h1-5H,(H3,11,12,13,14,15,16). The summed E-state index contributed by atoms with van der Waals surface area (Å²) in [6.07, 6.45) is 1.16. The molecule has 1 aromatic heterocycles. The zero-order chi connectivity index (χ0) is 13.9. The van der Waals surface area contributed by atoms with Gasteiger partial charge >= 0.3 is 6.03 Å². The highest BCUT2D eigenvalue weighted by atomic mass is 35.5. The number of nitrogens with zero attached hydrogens (tertiary/aromatic N) is 2. The third-order valence-corrected chi connectivity index (χ3v) is 3.83. The summed E-state index contributed by atoms with van der Waals surface area (Å²) >= 11 is 5.76. The number of halogens is 1. The lowest BCUT2D eigenvalue weighted by Crippen LogP contribution is -2.34. The van der Waals surface area contributed by atoms with Gasteiger partial charge in [0.2, 0.25) is 5.95 Å². The fraction of sp³-hybridized carbons (Fsp3) is 0. The highest BCUT2D eigenvalue weighted by Crippen LogP contribution is 2.19. The number of H-pyrrole nitrogens is 1. The number of nitrogens with one attached hydrogen (secondary N) is 3. The van der Waals surface area contributed by atoms with Crippen LogP contribution in [0, 0.1) is 0 Å². The zero-order valence-electron chi connectivity index (χ0n) is 9.29. The highest BCUT2D eigenvalue weighted by molar-refractivity contribution is 7.90.